The zero-order valence-corrected chi connectivity index (χ0v) is 19.6. The highest BCUT2D eigenvalue weighted by Crippen LogP contribution is 2.40. The van der Waals surface area contributed by atoms with Crippen molar-refractivity contribution in [3.8, 4) is 5.00 Å². The van der Waals surface area contributed by atoms with Crippen LogP contribution in [0.4, 0.5) is 0 Å². The Morgan fingerprint density at radius 2 is 1.21 bits per heavy atom. The first-order valence-electron chi connectivity index (χ1n) is 10.2. The van der Waals surface area contributed by atoms with Gasteiger partial charge in [0.1, 0.15) is 5.00 Å². The molecule has 0 aliphatic heterocycles. The fourth-order valence-electron chi connectivity index (χ4n) is 4.06. The molecule has 0 aliphatic carbocycles. The molecule has 0 fully saturated rings. The number of hydrogen-bond donors (Lipinski definition) is 0. The Morgan fingerprint density at radius 1 is 0.655 bits per heavy atom. The number of aromatic nitrogens is 1. The minimum absolute atomic E-state index is 0.135. The molecule has 3 aromatic heterocycles. The first kappa shape index (κ1) is 18.9. The number of rotatable bonds is 1. The van der Waals surface area contributed by atoms with Crippen LogP contribution in [0.25, 0.3) is 36.2 Å². The van der Waals surface area contributed by atoms with Gasteiger partial charge in [0.25, 0.3) is 0 Å². The summed E-state index contributed by atoms with van der Waals surface area (Å²) in [7, 11) is 0. The highest BCUT2D eigenvalue weighted by molar-refractivity contribution is 7.28. The van der Waals surface area contributed by atoms with E-state index in [-0.39, 0.29) is 10.8 Å². The van der Waals surface area contributed by atoms with E-state index in [1.54, 1.807) is 0 Å². The van der Waals surface area contributed by atoms with Crippen LogP contribution in [0.1, 0.15) is 52.7 Å². The molecule has 3 heteroatoms. The van der Waals surface area contributed by atoms with E-state index >= 15 is 0 Å². The van der Waals surface area contributed by atoms with Gasteiger partial charge in [-0.05, 0) is 63.7 Å². The van der Waals surface area contributed by atoms with Crippen LogP contribution < -0.4 is 0 Å². The molecule has 0 unspecified atom stereocenters. The van der Waals surface area contributed by atoms with Crippen LogP contribution in [0.5, 0.6) is 0 Å². The van der Waals surface area contributed by atoms with Crippen molar-refractivity contribution < 1.29 is 0 Å². The molecule has 5 aromatic rings. The molecule has 5 rings (SSSR count). The number of nitrogens with zero attached hydrogens (tertiary/aromatic N) is 1. The van der Waals surface area contributed by atoms with Gasteiger partial charge in [-0.2, -0.15) is 0 Å². The second kappa shape index (κ2) is 6.20. The summed E-state index contributed by atoms with van der Waals surface area (Å²) in [5, 5.41) is 6.20. The van der Waals surface area contributed by atoms with Crippen molar-refractivity contribution in [1.29, 1.82) is 0 Å². The van der Waals surface area contributed by atoms with Gasteiger partial charge in [-0.15, -0.1) is 22.7 Å². The molecule has 0 saturated heterocycles. The maximum absolute atomic E-state index is 2.46. The molecule has 0 radical (unpaired) electrons. The fraction of sp³-hybridized carbons (Fsp3) is 0.308. The predicted molar refractivity (Wildman–Crippen MR) is 131 cm³/mol. The van der Waals surface area contributed by atoms with Gasteiger partial charge in [0.15, 0.2) is 0 Å². The van der Waals surface area contributed by atoms with Crippen molar-refractivity contribution >= 4 is 53.9 Å². The second-order valence-electron chi connectivity index (χ2n) is 10.0. The second-order valence-corrected chi connectivity index (χ2v) is 12.0. The molecule has 1 nitrogen and oxygen atoms in total. The van der Waals surface area contributed by atoms with Gasteiger partial charge in [-0.25, -0.2) is 0 Å². The van der Waals surface area contributed by atoms with E-state index in [2.05, 4.69) is 100 Å². The third-order valence-electron chi connectivity index (χ3n) is 5.84. The lowest BCUT2D eigenvalue weighted by Gasteiger charge is -2.19. The van der Waals surface area contributed by atoms with Crippen LogP contribution in [0.15, 0.2) is 53.9 Å². The number of hydrogen-bond acceptors (Lipinski definition) is 2. The molecular formula is C26H27NS2. The summed E-state index contributed by atoms with van der Waals surface area (Å²) in [6.07, 6.45) is 0. The Bertz CT molecular complexity index is 1260. The molecule has 148 valence electrons. The summed E-state index contributed by atoms with van der Waals surface area (Å²) >= 11 is 3.71. The van der Waals surface area contributed by atoms with Crippen molar-refractivity contribution in [3.63, 3.8) is 0 Å². The van der Waals surface area contributed by atoms with E-state index in [1.807, 2.05) is 22.7 Å². The van der Waals surface area contributed by atoms with E-state index < -0.39 is 0 Å². The SMILES string of the molecule is CC(C)(C)c1ccc2c(c1)c1cc(C(C)(C)C)ccc1n2-c1cc2sccc2s1. The van der Waals surface area contributed by atoms with E-state index in [4.69, 9.17) is 0 Å². The first-order chi connectivity index (χ1) is 13.6. The topological polar surface area (TPSA) is 4.93 Å². The maximum Gasteiger partial charge on any atom is 0.102 e. The summed E-state index contributed by atoms with van der Waals surface area (Å²) in [5.41, 5.74) is 5.64. The minimum atomic E-state index is 0.135. The third-order valence-corrected chi connectivity index (χ3v) is 7.92. The van der Waals surface area contributed by atoms with Crippen molar-refractivity contribution in [2.75, 3.05) is 0 Å². The molecule has 2 aromatic carbocycles. The lowest BCUT2D eigenvalue weighted by atomic mass is 9.85. The fourth-order valence-corrected chi connectivity index (χ4v) is 6.19. The van der Waals surface area contributed by atoms with Crippen LogP contribution in [0.2, 0.25) is 0 Å². The van der Waals surface area contributed by atoms with Crippen molar-refractivity contribution in [2.45, 2.75) is 52.4 Å². The maximum atomic E-state index is 2.46. The zero-order chi connectivity index (χ0) is 20.6. The summed E-state index contributed by atoms with van der Waals surface area (Å²) < 4.78 is 5.20. The Morgan fingerprint density at radius 3 is 1.69 bits per heavy atom. The predicted octanol–water partition coefficient (Wildman–Crippen LogP) is 8.65. The van der Waals surface area contributed by atoms with Gasteiger partial charge in [0, 0.05) is 20.2 Å². The minimum Gasteiger partial charge on any atom is -0.301 e. The standard InChI is InChI=1S/C26H27NS2/c1-25(2,3)16-7-9-20-18(13-16)19-14-17(26(4,5)6)8-10-21(19)27(20)24-15-23-22(29-24)11-12-28-23/h7-15H,1-6H3. The van der Waals surface area contributed by atoms with Gasteiger partial charge in [0.2, 0.25) is 0 Å². The highest BCUT2D eigenvalue weighted by Gasteiger charge is 2.21. The molecule has 0 amide bonds. The molecule has 29 heavy (non-hydrogen) atoms. The normalized spacial score (nSPS) is 13.2. The van der Waals surface area contributed by atoms with Crippen LogP contribution in [-0.4, -0.2) is 4.57 Å². The molecule has 0 atom stereocenters. The average Bonchev–Trinajstić information content (AvgIpc) is 3.30. The Balaban J connectivity index is 1.89. The molecule has 0 spiro atoms. The Kier molecular flexibility index (Phi) is 4.04. The van der Waals surface area contributed by atoms with Gasteiger partial charge in [0.05, 0.1) is 11.0 Å². The molecule has 0 bridgehead atoms. The molecule has 0 saturated carbocycles. The average molecular weight is 418 g/mol. The summed E-state index contributed by atoms with van der Waals surface area (Å²) in [5.74, 6) is 0. The van der Waals surface area contributed by atoms with Gasteiger partial charge >= 0.3 is 0 Å². The number of fused-ring (bicyclic) bond motifs is 4. The lowest BCUT2D eigenvalue weighted by Crippen LogP contribution is -2.10. The monoisotopic (exact) mass is 417 g/mol. The van der Waals surface area contributed by atoms with Crippen LogP contribution in [-0.2, 0) is 10.8 Å². The lowest BCUT2D eigenvalue weighted by molar-refractivity contribution is 0.590. The highest BCUT2D eigenvalue weighted by atomic mass is 32.1. The van der Waals surface area contributed by atoms with Gasteiger partial charge in [-0.3, -0.25) is 0 Å². The van der Waals surface area contributed by atoms with Gasteiger partial charge in [-0.1, -0.05) is 53.7 Å². The summed E-state index contributed by atoms with van der Waals surface area (Å²) in [6, 6.07) is 18.7. The van der Waals surface area contributed by atoms with Crippen LogP contribution in [0, 0.1) is 0 Å². The zero-order valence-electron chi connectivity index (χ0n) is 18.0. The van der Waals surface area contributed by atoms with Crippen LogP contribution >= 0.6 is 22.7 Å². The van der Waals surface area contributed by atoms with Crippen molar-refractivity contribution in [2.24, 2.45) is 0 Å². The first-order valence-corrected chi connectivity index (χ1v) is 11.9. The third kappa shape index (κ3) is 3.03. The Hall–Kier alpha value is -2.10. The van der Waals surface area contributed by atoms with Gasteiger partial charge < -0.3 is 4.57 Å². The summed E-state index contributed by atoms with van der Waals surface area (Å²) in [6.45, 7) is 13.8. The molecule has 0 N–H and O–H groups in total. The van der Waals surface area contributed by atoms with Crippen LogP contribution in [0.3, 0.4) is 0 Å². The molecular weight excluding hydrogens is 390 g/mol. The Labute approximate surface area is 180 Å². The van der Waals surface area contributed by atoms with E-state index in [1.165, 1.54) is 47.3 Å². The largest absolute Gasteiger partial charge is 0.301 e. The van der Waals surface area contributed by atoms with E-state index in [0.29, 0.717) is 0 Å². The quantitative estimate of drug-likeness (QED) is 0.257. The number of benzene rings is 2. The van der Waals surface area contributed by atoms with E-state index in [0.717, 1.165) is 0 Å². The van der Waals surface area contributed by atoms with Crippen molar-refractivity contribution in [1.82, 2.24) is 4.57 Å². The van der Waals surface area contributed by atoms with E-state index in [9.17, 15) is 0 Å². The smallest absolute Gasteiger partial charge is 0.102 e. The molecule has 0 aliphatic rings. The number of thiophene rings is 2. The molecule has 3 heterocycles. The van der Waals surface area contributed by atoms with Crippen molar-refractivity contribution in [3.05, 3.63) is 65.0 Å². The summed E-state index contributed by atoms with van der Waals surface area (Å²) in [4.78, 5) is 0.